The Bertz CT molecular complexity index is 181. The molecule has 1 heterocycles. The van der Waals surface area contributed by atoms with Gasteiger partial charge < -0.3 is 25.2 Å². The minimum Gasteiger partial charge on any atom is -0.510 e. The lowest BCUT2D eigenvalue weighted by atomic mass is 10.0. The van der Waals surface area contributed by atoms with E-state index in [1.807, 2.05) is 0 Å². The molecule has 1 saturated heterocycles. The summed E-state index contributed by atoms with van der Waals surface area (Å²) in [6.07, 6.45) is -4.56. The first-order valence-corrected chi connectivity index (χ1v) is 3.59. The standard InChI is InChI=1S/C7H12O5/c1-3(8)6-4(9)2-5(10)7(11)12-6/h4-11H,1-2H2/t4-,5+,6+,7-/m0/s1. The van der Waals surface area contributed by atoms with Crippen molar-refractivity contribution in [3.63, 3.8) is 0 Å². The van der Waals surface area contributed by atoms with Crippen LogP contribution in [0.4, 0.5) is 0 Å². The van der Waals surface area contributed by atoms with Gasteiger partial charge >= 0.3 is 0 Å². The summed E-state index contributed by atoms with van der Waals surface area (Å²) in [6.45, 7) is 3.17. The Morgan fingerprint density at radius 2 is 1.83 bits per heavy atom. The second-order valence-corrected chi connectivity index (χ2v) is 2.81. The molecule has 0 amide bonds. The maximum Gasteiger partial charge on any atom is 0.181 e. The predicted molar refractivity (Wildman–Crippen MR) is 39.3 cm³/mol. The van der Waals surface area contributed by atoms with Gasteiger partial charge in [0.05, 0.1) is 6.10 Å². The van der Waals surface area contributed by atoms with Crippen LogP contribution < -0.4 is 0 Å². The summed E-state index contributed by atoms with van der Waals surface area (Å²) in [5, 5.41) is 36.1. The molecule has 0 aromatic rings. The molecule has 0 bridgehead atoms. The van der Waals surface area contributed by atoms with Crippen LogP contribution >= 0.6 is 0 Å². The van der Waals surface area contributed by atoms with E-state index < -0.39 is 24.6 Å². The van der Waals surface area contributed by atoms with Gasteiger partial charge in [0.15, 0.2) is 6.29 Å². The second kappa shape index (κ2) is 3.40. The highest BCUT2D eigenvalue weighted by atomic mass is 16.6. The van der Waals surface area contributed by atoms with Crippen molar-refractivity contribution in [2.24, 2.45) is 0 Å². The molecule has 5 heteroatoms. The van der Waals surface area contributed by atoms with E-state index >= 15 is 0 Å². The van der Waals surface area contributed by atoms with E-state index in [1.165, 1.54) is 0 Å². The van der Waals surface area contributed by atoms with Crippen molar-refractivity contribution in [2.45, 2.75) is 31.0 Å². The number of ether oxygens (including phenoxy) is 1. The van der Waals surface area contributed by atoms with Gasteiger partial charge in [0, 0.05) is 6.42 Å². The molecule has 0 aromatic carbocycles. The highest BCUT2D eigenvalue weighted by molar-refractivity contribution is 4.98. The summed E-state index contributed by atoms with van der Waals surface area (Å²) in [7, 11) is 0. The molecule has 0 unspecified atom stereocenters. The van der Waals surface area contributed by atoms with Crippen LogP contribution in [0.2, 0.25) is 0 Å². The molecule has 1 rings (SSSR count). The smallest absolute Gasteiger partial charge is 0.181 e. The number of aliphatic hydroxyl groups excluding tert-OH is 4. The van der Waals surface area contributed by atoms with Crippen molar-refractivity contribution in [3.8, 4) is 0 Å². The topological polar surface area (TPSA) is 90.2 Å². The zero-order valence-corrected chi connectivity index (χ0v) is 6.42. The molecule has 12 heavy (non-hydrogen) atoms. The van der Waals surface area contributed by atoms with Gasteiger partial charge in [-0.05, 0) is 0 Å². The SMILES string of the molecule is C=C(O)[C@H]1O[C@H](O)[C@H](O)C[C@@H]1O. The summed E-state index contributed by atoms with van der Waals surface area (Å²) in [5.41, 5.74) is 0. The molecule has 4 atom stereocenters. The van der Waals surface area contributed by atoms with Gasteiger partial charge in [-0.25, -0.2) is 0 Å². The van der Waals surface area contributed by atoms with Crippen LogP contribution in [0, 0.1) is 0 Å². The van der Waals surface area contributed by atoms with Crippen molar-refractivity contribution in [2.75, 3.05) is 0 Å². The fraction of sp³-hybridized carbons (Fsp3) is 0.714. The third kappa shape index (κ3) is 1.75. The summed E-state index contributed by atoms with van der Waals surface area (Å²) in [4.78, 5) is 0. The molecular weight excluding hydrogens is 164 g/mol. The molecule has 5 nitrogen and oxygen atoms in total. The van der Waals surface area contributed by atoms with Gasteiger partial charge in [0.1, 0.15) is 18.0 Å². The van der Waals surface area contributed by atoms with Crippen molar-refractivity contribution in [3.05, 3.63) is 12.3 Å². The minimum absolute atomic E-state index is 0.0363. The maximum absolute atomic E-state index is 9.21. The first-order valence-electron chi connectivity index (χ1n) is 3.59. The molecule has 1 aliphatic heterocycles. The number of hydrogen-bond acceptors (Lipinski definition) is 5. The van der Waals surface area contributed by atoms with Gasteiger partial charge in [-0.2, -0.15) is 0 Å². The van der Waals surface area contributed by atoms with Crippen LogP contribution in [0.25, 0.3) is 0 Å². The Labute approximate surface area is 69.5 Å². The number of aliphatic hydroxyl groups is 4. The first kappa shape index (κ1) is 9.47. The maximum atomic E-state index is 9.21. The minimum atomic E-state index is -1.37. The summed E-state index contributed by atoms with van der Waals surface area (Å²) in [6, 6.07) is 0. The van der Waals surface area contributed by atoms with Crippen molar-refractivity contribution in [1.82, 2.24) is 0 Å². The Kier molecular flexibility index (Phi) is 2.69. The molecule has 0 aliphatic carbocycles. The third-order valence-corrected chi connectivity index (χ3v) is 1.78. The van der Waals surface area contributed by atoms with Gasteiger partial charge in [0.2, 0.25) is 0 Å². The molecule has 1 aliphatic rings. The van der Waals surface area contributed by atoms with Crippen LogP contribution in [0.3, 0.4) is 0 Å². The Hall–Kier alpha value is -0.620. The lowest BCUT2D eigenvalue weighted by molar-refractivity contribution is -0.241. The molecule has 1 fully saturated rings. The Morgan fingerprint density at radius 3 is 2.33 bits per heavy atom. The van der Waals surface area contributed by atoms with E-state index in [-0.39, 0.29) is 12.2 Å². The monoisotopic (exact) mass is 176 g/mol. The lowest BCUT2D eigenvalue weighted by Gasteiger charge is -2.33. The highest BCUT2D eigenvalue weighted by Gasteiger charge is 2.36. The summed E-state index contributed by atoms with van der Waals surface area (Å²) in [5.74, 6) is -0.353. The van der Waals surface area contributed by atoms with Crippen LogP contribution in [-0.2, 0) is 4.74 Å². The predicted octanol–water partition coefficient (Wildman–Crippen LogP) is -1.11. The molecule has 70 valence electrons. The van der Waals surface area contributed by atoms with Crippen molar-refractivity contribution < 1.29 is 25.2 Å². The van der Waals surface area contributed by atoms with Gasteiger partial charge in [-0.3, -0.25) is 0 Å². The van der Waals surface area contributed by atoms with E-state index in [0.717, 1.165) is 0 Å². The first-order chi connectivity index (χ1) is 5.52. The van der Waals surface area contributed by atoms with Gasteiger partial charge in [0.25, 0.3) is 0 Å². The molecule has 0 radical (unpaired) electrons. The molecule has 0 aromatic heterocycles. The average Bonchev–Trinajstić information content (AvgIpc) is 1.96. The van der Waals surface area contributed by atoms with Crippen molar-refractivity contribution >= 4 is 0 Å². The van der Waals surface area contributed by atoms with E-state index in [2.05, 4.69) is 11.3 Å². The fourth-order valence-electron chi connectivity index (χ4n) is 1.12. The van der Waals surface area contributed by atoms with Crippen LogP contribution in [0.5, 0.6) is 0 Å². The number of hydrogen-bond donors (Lipinski definition) is 4. The second-order valence-electron chi connectivity index (χ2n) is 2.81. The fourth-order valence-corrected chi connectivity index (χ4v) is 1.12. The molecule has 0 saturated carbocycles. The van der Waals surface area contributed by atoms with E-state index in [0.29, 0.717) is 0 Å². The third-order valence-electron chi connectivity index (χ3n) is 1.78. The van der Waals surface area contributed by atoms with Crippen LogP contribution in [-0.4, -0.2) is 45.0 Å². The van der Waals surface area contributed by atoms with E-state index in [4.69, 9.17) is 15.3 Å². The normalized spacial score (nSPS) is 42.6. The largest absolute Gasteiger partial charge is 0.510 e. The van der Waals surface area contributed by atoms with Crippen LogP contribution in [0.15, 0.2) is 12.3 Å². The zero-order chi connectivity index (χ0) is 9.30. The van der Waals surface area contributed by atoms with Crippen LogP contribution in [0.1, 0.15) is 6.42 Å². The Balaban J connectivity index is 2.61. The number of rotatable bonds is 1. The quantitative estimate of drug-likeness (QED) is 0.380. The lowest BCUT2D eigenvalue weighted by Crippen LogP contribution is -2.47. The Morgan fingerprint density at radius 1 is 1.25 bits per heavy atom. The molecule has 0 spiro atoms. The van der Waals surface area contributed by atoms with Gasteiger partial charge in [-0.15, -0.1) is 0 Å². The van der Waals surface area contributed by atoms with Crippen molar-refractivity contribution in [1.29, 1.82) is 0 Å². The highest BCUT2D eigenvalue weighted by Crippen LogP contribution is 2.21. The molecular formula is C7H12O5. The summed E-state index contributed by atoms with van der Waals surface area (Å²) >= 11 is 0. The van der Waals surface area contributed by atoms with E-state index in [9.17, 15) is 5.11 Å². The van der Waals surface area contributed by atoms with Gasteiger partial charge in [-0.1, -0.05) is 6.58 Å². The average molecular weight is 176 g/mol. The molecule has 4 N–H and O–H groups in total. The van der Waals surface area contributed by atoms with E-state index in [1.54, 1.807) is 0 Å². The zero-order valence-electron chi connectivity index (χ0n) is 6.42. The summed E-state index contributed by atoms with van der Waals surface area (Å²) < 4.78 is 4.68.